The maximum absolute atomic E-state index is 12.0. The molecule has 0 aliphatic rings. The number of carboxylic acid groups (broad SMARTS) is 1. The Balaban J connectivity index is 3.65. The van der Waals surface area contributed by atoms with E-state index in [1.165, 1.54) is 57.8 Å². The minimum absolute atomic E-state index is 0.131. The summed E-state index contributed by atoms with van der Waals surface area (Å²) in [5, 5.41) is 9.01. The van der Waals surface area contributed by atoms with Crippen molar-refractivity contribution in [2.75, 3.05) is 27.7 Å². The average molecular weight is 428 g/mol. The molecule has 5 nitrogen and oxygen atoms in total. The Hall–Kier alpha value is -1.36. The van der Waals surface area contributed by atoms with Gasteiger partial charge in [-0.1, -0.05) is 70.4 Å². The van der Waals surface area contributed by atoms with Gasteiger partial charge in [0.2, 0.25) is 0 Å². The smallest absolute Gasteiger partial charge is 0.307 e. The number of likely N-dealkylation sites (N-methyl/N-ethyl adjacent to an activating group) is 1. The van der Waals surface area contributed by atoms with Crippen molar-refractivity contribution in [1.82, 2.24) is 0 Å². The van der Waals surface area contributed by atoms with Gasteiger partial charge >= 0.3 is 11.9 Å². The van der Waals surface area contributed by atoms with Crippen molar-refractivity contribution < 1.29 is 23.9 Å². The number of carbonyl (C=O) groups excluding carboxylic acids is 1. The van der Waals surface area contributed by atoms with E-state index >= 15 is 0 Å². The number of ether oxygens (including phenoxy) is 1. The molecule has 0 aromatic carbocycles. The molecule has 0 aromatic rings. The molecular formula is C25H48NO4+. The van der Waals surface area contributed by atoms with E-state index in [0.717, 1.165) is 25.7 Å². The first-order chi connectivity index (χ1) is 14.2. The van der Waals surface area contributed by atoms with Gasteiger partial charge in [-0.05, 0) is 32.1 Å². The summed E-state index contributed by atoms with van der Waals surface area (Å²) in [5.74, 6) is -1.20. The zero-order valence-corrected chi connectivity index (χ0v) is 20.2. The molecule has 1 atom stereocenters. The van der Waals surface area contributed by atoms with Crippen molar-refractivity contribution in [3.8, 4) is 0 Å². The summed E-state index contributed by atoms with van der Waals surface area (Å²) in [6.45, 7) is 2.76. The van der Waals surface area contributed by atoms with Crippen LogP contribution >= 0.6 is 0 Å². The van der Waals surface area contributed by atoms with Crippen LogP contribution in [-0.4, -0.2) is 55.3 Å². The molecule has 1 N–H and O–H groups in total. The standard InChI is InChI=1S/C25H47NO4/c1-5-6-7-8-9-10-11-12-13-14-15-16-17-18-19-20-25(29)30-23(21-24(27)28)22-26(2,3)4/h12-13,23H,5-11,14-22H2,1-4H3/p+1/i25+1. The summed E-state index contributed by atoms with van der Waals surface area (Å²) >= 11 is 0. The van der Waals surface area contributed by atoms with Crippen molar-refractivity contribution in [3.63, 3.8) is 0 Å². The van der Waals surface area contributed by atoms with Crippen molar-refractivity contribution in [2.45, 2.75) is 109 Å². The van der Waals surface area contributed by atoms with Gasteiger partial charge in [0, 0.05) is 6.42 Å². The molecule has 0 fully saturated rings. The quantitative estimate of drug-likeness (QED) is 0.0836. The molecule has 0 saturated heterocycles. The summed E-state index contributed by atoms with van der Waals surface area (Å²) in [6.07, 6.45) is 20.2. The largest absolute Gasteiger partial charge is 0.481 e. The van der Waals surface area contributed by atoms with Gasteiger partial charge in [-0.2, -0.15) is 0 Å². The molecule has 1 unspecified atom stereocenters. The zero-order valence-electron chi connectivity index (χ0n) is 20.2. The van der Waals surface area contributed by atoms with Gasteiger partial charge in [-0.15, -0.1) is 0 Å². The first-order valence-corrected chi connectivity index (χ1v) is 12.1. The number of rotatable bonds is 20. The number of unbranched alkanes of at least 4 members (excludes halogenated alkanes) is 11. The normalized spacial score (nSPS) is 12.9. The van der Waals surface area contributed by atoms with Crippen molar-refractivity contribution in [1.29, 1.82) is 0 Å². The number of quaternary nitrogens is 1. The fourth-order valence-corrected chi connectivity index (χ4v) is 3.53. The third-order valence-electron chi connectivity index (χ3n) is 5.09. The Kier molecular flexibility index (Phi) is 17.6. The van der Waals surface area contributed by atoms with E-state index in [0.29, 0.717) is 17.4 Å². The number of esters is 1. The fourth-order valence-electron chi connectivity index (χ4n) is 3.53. The molecule has 176 valence electrons. The van der Waals surface area contributed by atoms with Gasteiger partial charge in [0.15, 0.2) is 6.10 Å². The summed E-state index contributed by atoms with van der Waals surface area (Å²) in [4.78, 5) is 23.0. The lowest BCUT2D eigenvalue weighted by Gasteiger charge is -2.28. The third-order valence-corrected chi connectivity index (χ3v) is 5.09. The molecule has 0 radical (unpaired) electrons. The molecule has 0 aliphatic carbocycles. The van der Waals surface area contributed by atoms with Gasteiger partial charge in [0.1, 0.15) is 6.54 Å². The van der Waals surface area contributed by atoms with Crippen LogP contribution in [0.3, 0.4) is 0 Å². The predicted octanol–water partition coefficient (Wildman–Crippen LogP) is 6.12. The maximum Gasteiger partial charge on any atom is 0.307 e. The Morgan fingerprint density at radius 2 is 1.33 bits per heavy atom. The number of nitrogens with zero attached hydrogens (tertiary/aromatic N) is 1. The van der Waals surface area contributed by atoms with Crippen LogP contribution in [0.15, 0.2) is 12.2 Å². The zero-order chi connectivity index (χ0) is 22.7. The second-order valence-corrected chi connectivity index (χ2v) is 9.52. The molecule has 0 aromatic heterocycles. The minimum Gasteiger partial charge on any atom is -0.481 e. The van der Waals surface area contributed by atoms with Gasteiger partial charge in [0.25, 0.3) is 0 Å². The number of aliphatic carboxylic acids is 1. The molecule has 0 bridgehead atoms. The molecule has 0 aliphatic heterocycles. The fraction of sp³-hybridized carbons (Fsp3) is 0.840. The molecule has 0 heterocycles. The van der Waals surface area contributed by atoms with Gasteiger partial charge in [-0.25, -0.2) is 0 Å². The predicted molar refractivity (Wildman–Crippen MR) is 124 cm³/mol. The molecule has 0 amide bonds. The van der Waals surface area contributed by atoms with Crippen LogP contribution in [0.5, 0.6) is 0 Å². The third kappa shape index (κ3) is 21.4. The highest BCUT2D eigenvalue weighted by molar-refractivity contribution is 5.71. The number of hydrogen-bond acceptors (Lipinski definition) is 3. The Morgan fingerprint density at radius 3 is 1.83 bits per heavy atom. The van der Waals surface area contributed by atoms with E-state index in [2.05, 4.69) is 19.1 Å². The van der Waals surface area contributed by atoms with E-state index in [1.54, 1.807) is 0 Å². The van der Waals surface area contributed by atoms with Crippen LogP contribution in [0.1, 0.15) is 103 Å². The molecular weight excluding hydrogens is 379 g/mol. The van der Waals surface area contributed by atoms with Crippen LogP contribution in [0.4, 0.5) is 0 Å². The van der Waals surface area contributed by atoms with Gasteiger partial charge in [0.05, 0.1) is 27.6 Å². The number of carboxylic acids is 1. The maximum atomic E-state index is 12.0. The number of carbonyl (C=O) groups is 2. The average Bonchev–Trinajstić information content (AvgIpc) is 2.63. The lowest BCUT2D eigenvalue weighted by Crippen LogP contribution is -2.43. The van der Waals surface area contributed by atoms with Crippen molar-refractivity contribution in [2.24, 2.45) is 0 Å². The van der Waals surface area contributed by atoms with Gasteiger partial charge < -0.3 is 14.3 Å². The van der Waals surface area contributed by atoms with Crippen LogP contribution < -0.4 is 0 Å². The first-order valence-electron chi connectivity index (χ1n) is 12.1. The number of allylic oxidation sites excluding steroid dienone is 2. The Labute approximate surface area is 185 Å². The highest BCUT2D eigenvalue weighted by atomic mass is 16.6. The topological polar surface area (TPSA) is 63.6 Å². The van der Waals surface area contributed by atoms with Crippen LogP contribution in [0.2, 0.25) is 0 Å². The Bertz CT molecular complexity index is 468. The monoisotopic (exact) mass is 427 g/mol. The summed E-state index contributed by atoms with van der Waals surface area (Å²) in [7, 11) is 5.89. The van der Waals surface area contributed by atoms with E-state index in [4.69, 9.17) is 9.84 Å². The number of hydrogen-bond donors (Lipinski definition) is 1. The molecule has 0 saturated carbocycles. The van der Waals surface area contributed by atoms with E-state index in [1.807, 2.05) is 21.1 Å². The molecule has 0 rings (SSSR count). The van der Waals surface area contributed by atoms with Crippen LogP contribution in [-0.2, 0) is 14.3 Å². The minimum atomic E-state index is -0.928. The molecule has 30 heavy (non-hydrogen) atoms. The van der Waals surface area contributed by atoms with E-state index in [-0.39, 0.29) is 12.4 Å². The van der Waals surface area contributed by atoms with Crippen LogP contribution in [0, 0.1) is 0 Å². The second kappa shape index (κ2) is 18.4. The second-order valence-electron chi connectivity index (χ2n) is 9.52. The lowest BCUT2D eigenvalue weighted by atomic mass is 10.1. The SMILES string of the molecule is CCCCCCCCC=CCCCCCCC[13C](=O)OC(CC(=O)O)C[N+](C)(C)C. The van der Waals surface area contributed by atoms with Crippen molar-refractivity contribution >= 4 is 11.9 Å². The molecule has 5 heteroatoms. The van der Waals surface area contributed by atoms with Crippen LogP contribution in [0.25, 0.3) is 0 Å². The van der Waals surface area contributed by atoms with Gasteiger partial charge in [-0.3, -0.25) is 9.59 Å². The van der Waals surface area contributed by atoms with E-state index < -0.39 is 12.1 Å². The Morgan fingerprint density at radius 1 is 0.833 bits per heavy atom. The highest BCUT2D eigenvalue weighted by Crippen LogP contribution is 2.12. The summed E-state index contributed by atoms with van der Waals surface area (Å²) < 4.78 is 5.98. The van der Waals surface area contributed by atoms with Crippen molar-refractivity contribution in [3.05, 3.63) is 12.2 Å². The summed E-state index contributed by atoms with van der Waals surface area (Å²) in [5.41, 5.74) is 0. The molecule has 0 spiro atoms. The highest BCUT2D eigenvalue weighted by Gasteiger charge is 2.24. The summed E-state index contributed by atoms with van der Waals surface area (Å²) in [6, 6.07) is 0. The van der Waals surface area contributed by atoms with E-state index in [9.17, 15) is 9.59 Å². The lowest BCUT2D eigenvalue weighted by molar-refractivity contribution is -0.873. The first kappa shape index (κ1) is 28.6.